The molecule has 0 bridgehead atoms. The molecule has 1 aromatic carbocycles. The second-order valence-corrected chi connectivity index (χ2v) is 8.74. The number of likely N-dealkylation sites (tertiary alicyclic amines) is 1. The van der Waals surface area contributed by atoms with Crippen molar-refractivity contribution in [3.05, 3.63) is 51.7 Å². The second kappa shape index (κ2) is 8.55. The maximum Gasteiger partial charge on any atom is 0.141 e. The number of hydrogen-bond donors (Lipinski definition) is 2. The standard InChI is InChI=1S/C22H29N3OS/c23-22(21-8-4-12-27-21)24-18-9-10-20(16-5-1-2-6-16)17(13-18)14-25-11-3-7-19(25)15-26/h4,8-10,12-13,16,19,26H,1-3,5-7,11,14-15H2,(H2,23,24)/t19-/m1/s1. The average molecular weight is 384 g/mol. The van der Waals surface area contributed by atoms with Crippen molar-refractivity contribution in [1.29, 1.82) is 0 Å². The molecular formula is C22H29N3OS. The van der Waals surface area contributed by atoms with Crippen LogP contribution in [0.3, 0.4) is 0 Å². The Balaban J connectivity index is 1.63. The van der Waals surface area contributed by atoms with E-state index in [2.05, 4.69) is 28.1 Å². The topological polar surface area (TPSA) is 61.8 Å². The lowest BCUT2D eigenvalue weighted by atomic mass is 9.92. The molecule has 2 aromatic rings. The van der Waals surface area contributed by atoms with Crippen molar-refractivity contribution in [3.63, 3.8) is 0 Å². The molecule has 1 aromatic heterocycles. The first kappa shape index (κ1) is 18.7. The lowest BCUT2D eigenvalue weighted by Gasteiger charge is -2.25. The Morgan fingerprint density at radius 2 is 2.04 bits per heavy atom. The van der Waals surface area contributed by atoms with Gasteiger partial charge in [-0.2, -0.15) is 0 Å². The van der Waals surface area contributed by atoms with Crippen LogP contribution in [0, 0.1) is 0 Å². The summed E-state index contributed by atoms with van der Waals surface area (Å²) in [4.78, 5) is 8.13. The van der Waals surface area contributed by atoms with E-state index in [1.807, 2.05) is 17.5 Å². The normalized spacial score (nSPS) is 22.0. The summed E-state index contributed by atoms with van der Waals surface area (Å²) in [5.41, 5.74) is 9.97. The maximum absolute atomic E-state index is 9.70. The van der Waals surface area contributed by atoms with E-state index in [1.165, 1.54) is 43.2 Å². The molecule has 1 saturated heterocycles. The number of hydrogen-bond acceptors (Lipinski definition) is 4. The lowest BCUT2D eigenvalue weighted by Crippen LogP contribution is -2.32. The van der Waals surface area contributed by atoms with Crippen LogP contribution < -0.4 is 5.73 Å². The highest BCUT2D eigenvalue weighted by atomic mass is 32.1. The van der Waals surface area contributed by atoms with E-state index in [-0.39, 0.29) is 6.61 Å². The smallest absolute Gasteiger partial charge is 0.141 e. The highest BCUT2D eigenvalue weighted by molar-refractivity contribution is 7.12. The summed E-state index contributed by atoms with van der Waals surface area (Å²) in [6.07, 6.45) is 7.51. The Labute approximate surface area is 165 Å². The molecule has 2 fully saturated rings. The zero-order valence-electron chi connectivity index (χ0n) is 15.8. The van der Waals surface area contributed by atoms with E-state index in [1.54, 1.807) is 11.3 Å². The van der Waals surface area contributed by atoms with Gasteiger partial charge in [0.2, 0.25) is 0 Å². The third-order valence-electron chi connectivity index (χ3n) is 6.03. The molecule has 0 radical (unpaired) electrons. The van der Waals surface area contributed by atoms with Crippen LogP contribution in [0.25, 0.3) is 0 Å². The molecule has 2 aliphatic rings. The number of nitrogens with two attached hydrogens (primary N) is 1. The monoisotopic (exact) mass is 383 g/mol. The Morgan fingerprint density at radius 3 is 2.78 bits per heavy atom. The summed E-state index contributed by atoms with van der Waals surface area (Å²) in [5.74, 6) is 1.25. The van der Waals surface area contributed by atoms with Gasteiger partial charge in [0.05, 0.1) is 17.2 Å². The third-order valence-corrected chi connectivity index (χ3v) is 6.92. The number of aliphatic imine (C=N–C) groups is 1. The van der Waals surface area contributed by atoms with Crippen molar-refractivity contribution in [2.75, 3.05) is 13.2 Å². The van der Waals surface area contributed by atoms with Gasteiger partial charge >= 0.3 is 0 Å². The summed E-state index contributed by atoms with van der Waals surface area (Å²) in [7, 11) is 0. The quantitative estimate of drug-likeness (QED) is 0.574. The molecule has 144 valence electrons. The van der Waals surface area contributed by atoms with E-state index < -0.39 is 0 Å². The molecule has 4 nitrogen and oxygen atoms in total. The Kier molecular flexibility index (Phi) is 5.91. The Bertz CT molecular complexity index is 781. The fraction of sp³-hybridized carbons (Fsp3) is 0.500. The highest BCUT2D eigenvalue weighted by Crippen LogP contribution is 2.38. The first-order valence-electron chi connectivity index (χ1n) is 10.1. The second-order valence-electron chi connectivity index (χ2n) is 7.79. The minimum atomic E-state index is 0.252. The molecule has 4 rings (SSSR count). The van der Waals surface area contributed by atoms with Crippen molar-refractivity contribution in [2.45, 2.75) is 57.0 Å². The Hall–Kier alpha value is -1.69. The molecule has 0 amide bonds. The minimum absolute atomic E-state index is 0.252. The minimum Gasteiger partial charge on any atom is -0.395 e. The van der Waals surface area contributed by atoms with Gasteiger partial charge in [0.15, 0.2) is 0 Å². The summed E-state index contributed by atoms with van der Waals surface area (Å²) >= 11 is 1.62. The number of amidine groups is 1. The molecule has 0 unspecified atom stereocenters. The van der Waals surface area contributed by atoms with Crippen molar-refractivity contribution in [1.82, 2.24) is 4.90 Å². The van der Waals surface area contributed by atoms with Crippen molar-refractivity contribution < 1.29 is 5.11 Å². The highest BCUT2D eigenvalue weighted by Gasteiger charge is 2.26. The van der Waals surface area contributed by atoms with Gasteiger partial charge in [0, 0.05) is 12.6 Å². The van der Waals surface area contributed by atoms with E-state index in [9.17, 15) is 5.11 Å². The third kappa shape index (κ3) is 4.26. The zero-order chi connectivity index (χ0) is 18.6. The number of aliphatic hydroxyl groups is 1. The van der Waals surface area contributed by atoms with Crippen LogP contribution in [-0.4, -0.2) is 35.0 Å². The van der Waals surface area contributed by atoms with Crippen LogP contribution in [0.5, 0.6) is 0 Å². The zero-order valence-corrected chi connectivity index (χ0v) is 16.6. The largest absolute Gasteiger partial charge is 0.395 e. The lowest BCUT2D eigenvalue weighted by molar-refractivity contribution is 0.153. The SMILES string of the molecule is NC(=Nc1ccc(C2CCCC2)c(CN2CCC[C@@H]2CO)c1)c1cccs1. The van der Waals surface area contributed by atoms with Gasteiger partial charge in [-0.05, 0) is 72.9 Å². The van der Waals surface area contributed by atoms with Crippen LogP contribution in [-0.2, 0) is 6.54 Å². The fourth-order valence-electron chi connectivity index (χ4n) is 4.58. The van der Waals surface area contributed by atoms with Gasteiger partial charge in [-0.3, -0.25) is 4.90 Å². The van der Waals surface area contributed by atoms with Crippen LogP contribution in [0.4, 0.5) is 5.69 Å². The molecule has 2 heterocycles. The molecule has 0 spiro atoms. The number of rotatable bonds is 6. The fourth-order valence-corrected chi connectivity index (χ4v) is 5.21. The van der Waals surface area contributed by atoms with Gasteiger partial charge in [0.1, 0.15) is 5.84 Å². The number of nitrogens with zero attached hydrogens (tertiary/aromatic N) is 2. The van der Waals surface area contributed by atoms with Crippen molar-refractivity contribution in [2.24, 2.45) is 10.7 Å². The van der Waals surface area contributed by atoms with Gasteiger partial charge in [-0.25, -0.2) is 4.99 Å². The first-order valence-corrected chi connectivity index (χ1v) is 11.0. The number of thiophene rings is 1. The molecule has 1 aliphatic heterocycles. The molecule has 5 heteroatoms. The van der Waals surface area contributed by atoms with Crippen LogP contribution in [0.2, 0.25) is 0 Å². The molecule has 1 saturated carbocycles. The van der Waals surface area contributed by atoms with Gasteiger partial charge < -0.3 is 10.8 Å². The van der Waals surface area contributed by atoms with Crippen LogP contribution >= 0.6 is 11.3 Å². The summed E-state index contributed by atoms with van der Waals surface area (Å²) in [5, 5.41) is 11.7. The van der Waals surface area contributed by atoms with E-state index in [4.69, 9.17) is 5.73 Å². The first-order chi connectivity index (χ1) is 13.2. The molecule has 1 atom stereocenters. The van der Waals surface area contributed by atoms with E-state index in [0.717, 1.165) is 30.1 Å². The number of benzene rings is 1. The van der Waals surface area contributed by atoms with Gasteiger partial charge in [-0.15, -0.1) is 11.3 Å². The predicted molar refractivity (Wildman–Crippen MR) is 113 cm³/mol. The van der Waals surface area contributed by atoms with Crippen molar-refractivity contribution in [3.8, 4) is 0 Å². The van der Waals surface area contributed by atoms with E-state index >= 15 is 0 Å². The average Bonchev–Trinajstić information content (AvgIpc) is 3.44. The Morgan fingerprint density at radius 1 is 1.19 bits per heavy atom. The van der Waals surface area contributed by atoms with Crippen LogP contribution in [0.1, 0.15) is 60.4 Å². The summed E-state index contributed by atoms with van der Waals surface area (Å²) in [6, 6.07) is 10.9. The predicted octanol–water partition coefficient (Wildman–Crippen LogP) is 4.40. The summed E-state index contributed by atoms with van der Waals surface area (Å²) in [6.45, 7) is 2.22. The van der Waals surface area contributed by atoms with E-state index in [0.29, 0.717) is 17.8 Å². The van der Waals surface area contributed by atoms with Crippen LogP contribution in [0.15, 0.2) is 40.7 Å². The van der Waals surface area contributed by atoms with Gasteiger partial charge in [-0.1, -0.05) is 25.0 Å². The molecule has 27 heavy (non-hydrogen) atoms. The summed E-state index contributed by atoms with van der Waals surface area (Å²) < 4.78 is 0. The number of aliphatic hydroxyl groups excluding tert-OH is 1. The molecular weight excluding hydrogens is 354 g/mol. The van der Waals surface area contributed by atoms with Gasteiger partial charge in [0.25, 0.3) is 0 Å². The molecule has 1 aliphatic carbocycles. The van der Waals surface area contributed by atoms with Crippen molar-refractivity contribution >= 4 is 22.9 Å². The molecule has 3 N–H and O–H groups in total. The maximum atomic E-state index is 9.70.